The van der Waals surface area contributed by atoms with Gasteiger partial charge in [0, 0.05) is 12.6 Å². The van der Waals surface area contributed by atoms with Gasteiger partial charge in [-0.15, -0.1) is 0 Å². The number of nitrogens with zero attached hydrogens (tertiary/aromatic N) is 3. The zero-order valence-corrected chi connectivity index (χ0v) is 16.1. The summed E-state index contributed by atoms with van der Waals surface area (Å²) in [6.45, 7) is 3.93. The van der Waals surface area contributed by atoms with Crippen LogP contribution in [0.2, 0.25) is 0 Å². The summed E-state index contributed by atoms with van der Waals surface area (Å²) in [5.74, 6) is 1.37. The number of aromatic nitrogens is 2. The van der Waals surface area contributed by atoms with Gasteiger partial charge in [-0.05, 0) is 38.1 Å². The molecule has 4 aromatic rings. The molecular weight excluding hydrogens is 350 g/mol. The molecule has 0 saturated heterocycles. The Kier molecular flexibility index (Phi) is 4.57. The average molecular weight is 371 g/mol. The highest BCUT2D eigenvalue weighted by Crippen LogP contribution is 2.22. The number of benzene rings is 2. The molecule has 2 aromatic carbocycles. The number of aryl methyl sites for hydroxylation is 1. The van der Waals surface area contributed by atoms with Crippen LogP contribution in [0.15, 0.2) is 80.9 Å². The van der Waals surface area contributed by atoms with Gasteiger partial charge in [-0.1, -0.05) is 48.0 Å². The van der Waals surface area contributed by atoms with Gasteiger partial charge >= 0.3 is 0 Å². The molecule has 4 rings (SSSR count). The fourth-order valence-corrected chi connectivity index (χ4v) is 3.13. The van der Waals surface area contributed by atoms with Crippen molar-refractivity contribution in [2.24, 2.45) is 12.0 Å². The molecule has 0 amide bonds. The Balaban J connectivity index is 1.66. The van der Waals surface area contributed by atoms with Gasteiger partial charge < -0.3 is 4.42 Å². The monoisotopic (exact) mass is 371 g/mol. The van der Waals surface area contributed by atoms with Gasteiger partial charge in [0.2, 0.25) is 0 Å². The molecule has 0 atom stereocenters. The van der Waals surface area contributed by atoms with Crippen LogP contribution in [-0.2, 0) is 7.05 Å². The summed E-state index contributed by atoms with van der Waals surface area (Å²) in [5.41, 5.74) is 4.04. The van der Waals surface area contributed by atoms with Crippen molar-refractivity contribution in [3.8, 4) is 17.0 Å². The Labute approximate surface area is 163 Å². The summed E-state index contributed by atoms with van der Waals surface area (Å²) in [7, 11) is 1.85. The van der Waals surface area contributed by atoms with Gasteiger partial charge in [0.05, 0.1) is 17.6 Å². The largest absolute Gasteiger partial charge is 0.455 e. The Bertz CT molecular complexity index is 1190. The zero-order chi connectivity index (χ0) is 19.7. The third kappa shape index (κ3) is 3.22. The van der Waals surface area contributed by atoms with E-state index >= 15 is 0 Å². The van der Waals surface area contributed by atoms with Crippen LogP contribution < -0.4 is 5.56 Å². The van der Waals surface area contributed by atoms with Crippen molar-refractivity contribution in [1.82, 2.24) is 9.36 Å². The van der Waals surface area contributed by atoms with Crippen molar-refractivity contribution in [3.63, 3.8) is 0 Å². The molecule has 28 heavy (non-hydrogen) atoms. The van der Waals surface area contributed by atoms with Crippen molar-refractivity contribution in [2.45, 2.75) is 13.8 Å². The van der Waals surface area contributed by atoms with E-state index in [1.165, 1.54) is 5.56 Å². The molecule has 5 heteroatoms. The number of rotatable bonds is 4. The van der Waals surface area contributed by atoms with Crippen LogP contribution in [0.3, 0.4) is 0 Å². The molecule has 0 aliphatic carbocycles. The number of furan rings is 1. The first-order valence-electron chi connectivity index (χ1n) is 9.09. The fraction of sp³-hybridized carbons (Fsp3) is 0.130. The van der Waals surface area contributed by atoms with Crippen LogP contribution in [0.5, 0.6) is 0 Å². The molecule has 140 valence electrons. The number of hydrogen-bond acceptors (Lipinski definition) is 3. The first kappa shape index (κ1) is 17.8. The first-order chi connectivity index (χ1) is 13.5. The lowest BCUT2D eigenvalue weighted by Crippen LogP contribution is -2.19. The summed E-state index contributed by atoms with van der Waals surface area (Å²) in [5, 5.41) is 0. The minimum atomic E-state index is -0.159. The Morgan fingerprint density at radius 1 is 0.929 bits per heavy atom. The van der Waals surface area contributed by atoms with E-state index in [4.69, 9.17) is 4.42 Å². The Morgan fingerprint density at radius 2 is 1.64 bits per heavy atom. The fourth-order valence-electron chi connectivity index (χ4n) is 3.13. The second kappa shape index (κ2) is 7.19. The summed E-state index contributed by atoms with van der Waals surface area (Å²) >= 11 is 0. The van der Waals surface area contributed by atoms with Gasteiger partial charge in [0.1, 0.15) is 11.5 Å². The molecule has 0 fully saturated rings. The number of aliphatic imine (C=N–C) groups is 1. The van der Waals surface area contributed by atoms with Crippen LogP contribution >= 0.6 is 0 Å². The van der Waals surface area contributed by atoms with Crippen molar-refractivity contribution < 1.29 is 4.42 Å². The van der Waals surface area contributed by atoms with Crippen LogP contribution in [0.25, 0.3) is 17.0 Å². The molecule has 0 aliphatic rings. The van der Waals surface area contributed by atoms with E-state index in [9.17, 15) is 4.79 Å². The lowest BCUT2D eigenvalue weighted by atomic mass is 10.1. The maximum absolute atomic E-state index is 12.9. The van der Waals surface area contributed by atoms with E-state index in [0.29, 0.717) is 11.4 Å². The highest BCUT2D eigenvalue weighted by molar-refractivity contribution is 5.80. The summed E-state index contributed by atoms with van der Waals surface area (Å²) in [4.78, 5) is 17.3. The first-order valence-corrected chi connectivity index (χ1v) is 9.09. The smallest absolute Gasteiger partial charge is 0.297 e. The van der Waals surface area contributed by atoms with Gasteiger partial charge in [-0.2, -0.15) is 0 Å². The SMILES string of the molecule is Cc1ccc(-c2ccc(C=Nc3c(C)n(C)n(-c4ccccc4)c3=O)o2)cc1. The number of para-hydroxylation sites is 1. The minimum Gasteiger partial charge on any atom is -0.455 e. The van der Waals surface area contributed by atoms with Crippen LogP contribution in [0, 0.1) is 13.8 Å². The summed E-state index contributed by atoms with van der Waals surface area (Å²) < 4.78 is 9.29. The van der Waals surface area contributed by atoms with E-state index in [-0.39, 0.29) is 5.56 Å². The van der Waals surface area contributed by atoms with Crippen LogP contribution in [0.1, 0.15) is 17.0 Å². The summed E-state index contributed by atoms with van der Waals surface area (Å²) in [6.07, 6.45) is 1.59. The van der Waals surface area contributed by atoms with E-state index in [0.717, 1.165) is 22.7 Å². The van der Waals surface area contributed by atoms with E-state index < -0.39 is 0 Å². The molecule has 0 saturated carbocycles. The normalized spacial score (nSPS) is 11.4. The van der Waals surface area contributed by atoms with E-state index in [2.05, 4.69) is 11.9 Å². The van der Waals surface area contributed by atoms with Crippen LogP contribution in [-0.4, -0.2) is 15.6 Å². The van der Waals surface area contributed by atoms with Crippen molar-refractivity contribution in [3.05, 3.63) is 94.1 Å². The molecule has 2 aromatic heterocycles. The predicted octanol–water partition coefficient (Wildman–Crippen LogP) is 4.80. The van der Waals surface area contributed by atoms with Gasteiger partial charge in [0.25, 0.3) is 5.56 Å². The second-order valence-electron chi connectivity index (χ2n) is 6.74. The standard InChI is InChI=1S/C23H21N3O2/c1-16-9-11-18(12-10-16)21-14-13-20(28-21)15-24-22-17(2)25(3)26(23(22)27)19-7-5-4-6-8-19/h4-15H,1-3H3. The molecule has 2 heterocycles. The third-order valence-corrected chi connectivity index (χ3v) is 4.81. The van der Waals surface area contributed by atoms with Crippen molar-refractivity contribution >= 4 is 11.9 Å². The van der Waals surface area contributed by atoms with Gasteiger partial charge in [0.15, 0.2) is 5.69 Å². The molecule has 0 unspecified atom stereocenters. The summed E-state index contributed by atoms with van der Waals surface area (Å²) in [6, 6.07) is 21.4. The Morgan fingerprint density at radius 3 is 2.36 bits per heavy atom. The molecule has 0 spiro atoms. The number of hydrogen-bond donors (Lipinski definition) is 0. The Hall–Kier alpha value is -3.60. The van der Waals surface area contributed by atoms with Gasteiger partial charge in [-0.25, -0.2) is 9.67 Å². The maximum atomic E-state index is 12.9. The topological polar surface area (TPSA) is 52.4 Å². The quantitative estimate of drug-likeness (QED) is 0.484. The molecule has 0 bridgehead atoms. The maximum Gasteiger partial charge on any atom is 0.297 e. The molecular formula is C23H21N3O2. The van der Waals surface area contributed by atoms with Crippen molar-refractivity contribution in [1.29, 1.82) is 0 Å². The third-order valence-electron chi connectivity index (χ3n) is 4.81. The van der Waals surface area contributed by atoms with Gasteiger partial charge in [-0.3, -0.25) is 9.48 Å². The zero-order valence-electron chi connectivity index (χ0n) is 16.1. The lowest BCUT2D eigenvalue weighted by Gasteiger charge is -2.07. The molecule has 0 radical (unpaired) electrons. The predicted molar refractivity (Wildman–Crippen MR) is 112 cm³/mol. The molecule has 0 aliphatic heterocycles. The van der Waals surface area contributed by atoms with E-state index in [1.807, 2.05) is 85.4 Å². The van der Waals surface area contributed by atoms with Crippen molar-refractivity contribution in [2.75, 3.05) is 0 Å². The lowest BCUT2D eigenvalue weighted by molar-refractivity contribution is 0.575. The highest BCUT2D eigenvalue weighted by atomic mass is 16.3. The van der Waals surface area contributed by atoms with E-state index in [1.54, 1.807) is 10.9 Å². The molecule has 0 N–H and O–H groups in total. The minimum absolute atomic E-state index is 0.159. The average Bonchev–Trinajstić information content (AvgIpc) is 3.25. The second-order valence-corrected chi connectivity index (χ2v) is 6.74. The highest BCUT2D eigenvalue weighted by Gasteiger charge is 2.15. The van der Waals surface area contributed by atoms with Crippen LogP contribution in [0.4, 0.5) is 5.69 Å². The molecule has 5 nitrogen and oxygen atoms in total.